The minimum Gasteiger partial charge on any atom is -0.399 e. The number of nitrogens with two attached hydrogens (primary N) is 1. The molecule has 0 aliphatic carbocycles. The van der Waals surface area contributed by atoms with Gasteiger partial charge in [0.1, 0.15) is 0 Å². The van der Waals surface area contributed by atoms with Crippen LogP contribution in [0.3, 0.4) is 0 Å². The molecule has 1 atom stereocenters. The molecule has 5 heteroatoms. The fraction of sp³-hybridized carbons (Fsp3) is 0.571. The van der Waals surface area contributed by atoms with Crippen LogP contribution in [0.2, 0.25) is 0 Å². The van der Waals surface area contributed by atoms with Gasteiger partial charge in [0, 0.05) is 11.7 Å². The largest absolute Gasteiger partial charge is 0.399 e. The summed E-state index contributed by atoms with van der Waals surface area (Å²) in [4.78, 5) is 0.291. The van der Waals surface area contributed by atoms with Gasteiger partial charge in [-0.05, 0) is 49.9 Å². The molecule has 1 aromatic carbocycles. The lowest BCUT2D eigenvalue weighted by Gasteiger charge is -2.18. The van der Waals surface area contributed by atoms with Crippen LogP contribution in [0.5, 0.6) is 0 Å². The summed E-state index contributed by atoms with van der Waals surface area (Å²) in [5.41, 5.74) is 7.88. The summed E-state index contributed by atoms with van der Waals surface area (Å²) < 4.78 is 27.6. The molecule has 4 nitrogen and oxygen atoms in total. The highest BCUT2D eigenvalue weighted by atomic mass is 32.2. The second kappa shape index (κ2) is 6.39. The van der Waals surface area contributed by atoms with Crippen LogP contribution in [0.4, 0.5) is 5.69 Å². The van der Waals surface area contributed by atoms with E-state index < -0.39 is 10.0 Å². The van der Waals surface area contributed by atoms with E-state index in [0.717, 1.165) is 30.4 Å². The van der Waals surface area contributed by atoms with E-state index in [1.54, 1.807) is 6.07 Å². The Morgan fingerprint density at radius 1 is 1.26 bits per heavy atom. The molecule has 0 heterocycles. The van der Waals surface area contributed by atoms with Crippen molar-refractivity contribution in [1.82, 2.24) is 4.72 Å². The van der Waals surface area contributed by atoms with Crippen molar-refractivity contribution in [1.29, 1.82) is 0 Å². The van der Waals surface area contributed by atoms with Crippen molar-refractivity contribution in [2.45, 2.75) is 57.9 Å². The summed E-state index contributed by atoms with van der Waals surface area (Å²) in [6, 6.07) is 3.30. The fourth-order valence-corrected chi connectivity index (χ4v) is 3.82. The summed E-state index contributed by atoms with van der Waals surface area (Å²) in [5, 5.41) is 0. The van der Waals surface area contributed by atoms with Gasteiger partial charge in [0.25, 0.3) is 0 Å². The van der Waals surface area contributed by atoms with Gasteiger partial charge in [-0.15, -0.1) is 0 Å². The van der Waals surface area contributed by atoms with E-state index in [1.807, 2.05) is 27.7 Å². The van der Waals surface area contributed by atoms with Crippen LogP contribution in [-0.2, 0) is 10.0 Å². The Bertz CT molecular complexity index is 539. The summed E-state index contributed by atoms with van der Waals surface area (Å²) in [6.07, 6.45) is 2.58. The van der Waals surface area contributed by atoms with Crippen LogP contribution >= 0.6 is 0 Å². The van der Waals surface area contributed by atoms with Crippen LogP contribution in [0.1, 0.15) is 44.2 Å². The second-order valence-corrected chi connectivity index (χ2v) is 6.66. The van der Waals surface area contributed by atoms with E-state index in [9.17, 15) is 8.42 Å². The smallest absolute Gasteiger partial charge is 0.241 e. The van der Waals surface area contributed by atoms with Crippen molar-refractivity contribution in [3.63, 3.8) is 0 Å². The Labute approximate surface area is 116 Å². The molecule has 0 saturated carbocycles. The molecule has 0 spiro atoms. The first-order valence-electron chi connectivity index (χ1n) is 6.70. The number of nitrogen functional groups attached to an aromatic ring is 1. The first-order valence-corrected chi connectivity index (χ1v) is 8.19. The number of sulfonamides is 1. The van der Waals surface area contributed by atoms with E-state index in [1.165, 1.54) is 6.07 Å². The maximum absolute atomic E-state index is 12.4. The van der Waals surface area contributed by atoms with Gasteiger partial charge in [0.15, 0.2) is 0 Å². The van der Waals surface area contributed by atoms with Crippen molar-refractivity contribution >= 4 is 15.7 Å². The zero-order chi connectivity index (χ0) is 14.6. The highest BCUT2D eigenvalue weighted by molar-refractivity contribution is 7.89. The molecule has 0 aromatic heterocycles. The Hall–Kier alpha value is -1.07. The van der Waals surface area contributed by atoms with E-state index >= 15 is 0 Å². The Balaban J connectivity index is 3.13. The molecule has 1 rings (SSSR count). The van der Waals surface area contributed by atoms with Gasteiger partial charge < -0.3 is 5.73 Å². The topological polar surface area (TPSA) is 72.2 Å². The average molecular weight is 284 g/mol. The molecule has 1 unspecified atom stereocenters. The molecule has 0 aliphatic heterocycles. The Morgan fingerprint density at radius 2 is 1.89 bits per heavy atom. The third kappa shape index (κ3) is 3.94. The molecular weight excluding hydrogens is 260 g/mol. The standard InChI is InChI=1S/C14H24N2O2S/c1-5-7-13(6-2)16-19(17,18)14-9-12(15)8-10(3)11(14)4/h8-9,13,16H,5-7,15H2,1-4H3. The number of anilines is 1. The SMILES string of the molecule is CCCC(CC)NS(=O)(=O)c1cc(N)cc(C)c1C. The van der Waals surface area contributed by atoms with Crippen molar-refractivity contribution in [2.24, 2.45) is 0 Å². The highest BCUT2D eigenvalue weighted by Crippen LogP contribution is 2.23. The molecule has 1 aromatic rings. The minimum absolute atomic E-state index is 0.0175. The number of nitrogens with one attached hydrogen (secondary N) is 1. The van der Waals surface area contributed by atoms with Gasteiger partial charge in [-0.2, -0.15) is 0 Å². The molecule has 0 fully saturated rings. The lowest BCUT2D eigenvalue weighted by molar-refractivity contribution is 0.512. The number of hydrogen-bond donors (Lipinski definition) is 2. The zero-order valence-corrected chi connectivity index (χ0v) is 13.0. The Morgan fingerprint density at radius 3 is 2.42 bits per heavy atom. The predicted octanol–water partition coefficient (Wildman–Crippen LogP) is 2.74. The van der Waals surface area contributed by atoms with Gasteiger partial charge in [-0.1, -0.05) is 20.3 Å². The Kier molecular flexibility index (Phi) is 5.38. The molecule has 0 saturated heterocycles. The molecule has 0 aliphatic rings. The van der Waals surface area contributed by atoms with E-state index in [0.29, 0.717) is 10.6 Å². The summed E-state index contributed by atoms with van der Waals surface area (Å²) >= 11 is 0. The quantitative estimate of drug-likeness (QED) is 0.789. The fourth-order valence-electron chi connectivity index (χ4n) is 2.11. The van der Waals surface area contributed by atoms with Gasteiger partial charge in [-0.25, -0.2) is 13.1 Å². The van der Waals surface area contributed by atoms with Gasteiger partial charge in [0.05, 0.1) is 4.90 Å². The van der Waals surface area contributed by atoms with Gasteiger partial charge in [-0.3, -0.25) is 0 Å². The molecule has 19 heavy (non-hydrogen) atoms. The van der Waals surface area contributed by atoms with Crippen molar-refractivity contribution in [2.75, 3.05) is 5.73 Å². The molecule has 108 valence electrons. The zero-order valence-electron chi connectivity index (χ0n) is 12.2. The first-order chi connectivity index (χ1) is 8.81. The van der Waals surface area contributed by atoms with E-state index in [-0.39, 0.29) is 6.04 Å². The molecule has 0 amide bonds. The molecule has 0 bridgehead atoms. The van der Waals surface area contributed by atoms with Gasteiger partial charge >= 0.3 is 0 Å². The maximum atomic E-state index is 12.4. The van der Waals surface area contributed by atoms with Crippen LogP contribution in [-0.4, -0.2) is 14.5 Å². The molecule has 0 radical (unpaired) electrons. The summed E-state index contributed by atoms with van der Waals surface area (Å²) in [7, 11) is -3.50. The monoisotopic (exact) mass is 284 g/mol. The van der Waals surface area contributed by atoms with Gasteiger partial charge in [0.2, 0.25) is 10.0 Å². The first kappa shape index (κ1) is 16.0. The minimum atomic E-state index is -3.50. The second-order valence-electron chi connectivity index (χ2n) is 4.98. The van der Waals surface area contributed by atoms with Crippen LogP contribution in [0.15, 0.2) is 17.0 Å². The third-order valence-corrected chi connectivity index (χ3v) is 5.03. The molecular formula is C14H24N2O2S. The summed E-state index contributed by atoms with van der Waals surface area (Å²) in [5.74, 6) is 0. The average Bonchev–Trinajstić information content (AvgIpc) is 2.32. The van der Waals surface area contributed by atoms with E-state index in [2.05, 4.69) is 4.72 Å². The highest BCUT2D eigenvalue weighted by Gasteiger charge is 2.21. The summed E-state index contributed by atoms with van der Waals surface area (Å²) in [6.45, 7) is 7.71. The number of aryl methyl sites for hydroxylation is 1. The normalized spacial score (nSPS) is 13.5. The predicted molar refractivity (Wildman–Crippen MR) is 79.6 cm³/mol. The number of hydrogen-bond acceptors (Lipinski definition) is 3. The van der Waals surface area contributed by atoms with Crippen molar-refractivity contribution in [3.8, 4) is 0 Å². The third-order valence-electron chi connectivity index (χ3n) is 3.38. The van der Waals surface area contributed by atoms with Crippen LogP contribution < -0.4 is 10.5 Å². The lowest BCUT2D eigenvalue weighted by Crippen LogP contribution is -2.34. The number of rotatable bonds is 6. The lowest BCUT2D eigenvalue weighted by atomic mass is 10.1. The van der Waals surface area contributed by atoms with Crippen molar-refractivity contribution < 1.29 is 8.42 Å². The number of benzene rings is 1. The molecule has 3 N–H and O–H groups in total. The van der Waals surface area contributed by atoms with Crippen LogP contribution in [0, 0.1) is 13.8 Å². The van der Waals surface area contributed by atoms with E-state index in [4.69, 9.17) is 5.73 Å². The maximum Gasteiger partial charge on any atom is 0.241 e. The van der Waals surface area contributed by atoms with Crippen LogP contribution in [0.25, 0.3) is 0 Å². The van der Waals surface area contributed by atoms with Crippen molar-refractivity contribution in [3.05, 3.63) is 23.3 Å².